The van der Waals surface area contributed by atoms with Crippen LogP contribution in [0.1, 0.15) is 27.2 Å². The van der Waals surface area contributed by atoms with E-state index in [4.69, 9.17) is 4.74 Å². The Morgan fingerprint density at radius 3 is 2.50 bits per heavy atom. The summed E-state index contributed by atoms with van der Waals surface area (Å²) in [7, 11) is 1.27. The lowest BCUT2D eigenvalue weighted by Gasteiger charge is -2.19. The van der Waals surface area contributed by atoms with Gasteiger partial charge in [0.15, 0.2) is 0 Å². The molecule has 0 spiro atoms. The third kappa shape index (κ3) is 4.16. The van der Waals surface area contributed by atoms with Gasteiger partial charge in [0.05, 0.1) is 7.11 Å². The van der Waals surface area contributed by atoms with E-state index in [0.29, 0.717) is 6.42 Å². The van der Waals surface area contributed by atoms with Crippen molar-refractivity contribution >= 4 is 17.7 Å². The van der Waals surface area contributed by atoms with Crippen molar-refractivity contribution in [1.82, 2.24) is 0 Å². The molecular formula is C13H17NO4. The molecule has 0 radical (unpaired) electrons. The first-order chi connectivity index (χ1) is 8.33. The van der Waals surface area contributed by atoms with Crippen molar-refractivity contribution in [1.29, 1.82) is 0 Å². The van der Waals surface area contributed by atoms with Crippen molar-refractivity contribution in [2.75, 3.05) is 7.11 Å². The Kier molecular flexibility index (Phi) is 4.42. The fraction of sp³-hybridized carbons (Fsp3) is 0.462. The fourth-order valence-corrected chi connectivity index (χ4v) is 1.25. The number of allylic oxidation sites excluding steroid dienone is 2. The lowest BCUT2D eigenvalue weighted by atomic mass is 10.2. The van der Waals surface area contributed by atoms with E-state index in [1.165, 1.54) is 7.11 Å². The second-order valence-electron chi connectivity index (χ2n) is 4.72. The minimum atomic E-state index is -0.602. The van der Waals surface area contributed by atoms with Crippen LogP contribution in [0.2, 0.25) is 0 Å². The van der Waals surface area contributed by atoms with Crippen LogP contribution in [0.3, 0.4) is 0 Å². The number of carbonyl (C=O) groups is 2. The summed E-state index contributed by atoms with van der Waals surface area (Å²) in [5.74, 6) is -1.13. The SMILES string of the molecule is COC(=O)C1=CCC=CC(C(=O)OC(C)(C)C)=N1. The predicted octanol–water partition coefficient (Wildman–Crippen LogP) is 1.79. The molecule has 1 heterocycles. The molecule has 0 amide bonds. The third-order valence-electron chi connectivity index (χ3n) is 1.97. The van der Waals surface area contributed by atoms with Gasteiger partial charge in [0, 0.05) is 0 Å². The quantitative estimate of drug-likeness (QED) is 0.702. The monoisotopic (exact) mass is 251 g/mol. The van der Waals surface area contributed by atoms with E-state index in [2.05, 4.69) is 9.73 Å². The highest BCUT2D eigenvalue weighted by atomic mass is 16.6. The summed E-state index contributed by atoms with van der Waals surface area (Å²) in [6, 6.07) is 0. The number of hydrogen-bond acceptors (Lipinski definition) is 5. The maximum atomic E-state index is 11.8. The van der Waals surface area contributed by atoms with E-state index < -0.39 is 17.5 Å². The molecule has 5 nitrogen and oxygen atoms in total. The molecule has 98 valence electrons. The molecule has 1 aliphatic rings. The van der Waals surface area contributed by atoms with Gasteiger partial charge in [-0.15, -0.1) is 0 Å². The van der Waals surface area contributed by atoms with Gasteiger partial charge in [-0.3, -0.25) is 0 Å². The van der Waals surface area contributed by atoms with Crippen LogP contribution < -0.4 is 0 Å². The summed E-state index contributed by atoms with van der Waals surface area (Å²) in [5, 5.41) is 0. The summed E-state index contributed by atoms with van der Waals surface area (Å²) in [5.41, 5.74) is -0.392. The third-order valence-corrected chi connectivity index (χ3v) is 1.97. The van der Waals surface area contributed by atoms with Gasteiger partial charge in [-0.2, -0.15) is 0 Å². The normalized spacial score (nSPS) is 15.3. The highest BCUT2D eigenvalue weighted by Gasteiger charge is 2.21. The Morgan fingerprint density at radius 1 is 1.28 bits per heavy atom. The molecular weight excluding hydrogens is 234 g/mol. The minimum Gasteiger partial charge on any atom is -0.464 e. The Labute approximate surface area is 106 Å². The van der Waals surface area contributed by atoms with Gasteiger partial charge >= 0.3 is 11.9 Å². The molecule has 1 aliphatic heterocycles. The van der Waals surface area contributed by atoms with E-state index >= 15 is 0 Å². The van der Waals surface area contributed by atoms with E-state index in [1.54, 1.807) is 39.0 Å². The van der Waals surface area contributed by atoms with Gasteiger partial charge in [-0.25, -0.2) is 14.6 Å². The van der Waals surface area contributed by atoms with Crippen LogP contribution in [0.15, 0.2) is 28.9 Å². The summed E-state index contributed by atoms with van der Waals surface area (Å²) in [6.45, 7) is 5.30. The Morgan fingerprint density at radius 2 is 1.94 bits per heavy atom. The molecule has 0 N–H and O–H groups in total. The summed E-state index contributed by atoms with van der Waals surface area (Å²) >= 11 is 0. The number of ether oxygens (including phenoxy) is 2. The minimum absolute atomic E-state index is 0.0964. The molecule has 0 bridgehead atoms. The number of aliphatic imine (C=N–C) groups is 1. The standard InChI is InChI=1S/C13H17NO4/c1-13(2,3)18-12(16)10-8-6-5-7-9(14-10)11(15)17-4/h6-8H,5H2,1-4H3. The average molecular weight is 251 g/mol. The van der Waals surface area contributed by atoms with Crippen LogP contribution in [-0.4, -0.2) is 30.4 Å². The number of methoxy groups -OCH3 is 1. The molecule has 0 atom stereocenters. The van der Waals surface area contributed by atoms with Crippen LogP contribution in [-0.2, 0) is 19.1 Å². The molecule has 1 rings (SSSR count). The second-order valence-corrected chi connectivity index (χ2v) is 4.72. The largest absolute Gasteiger partial charge is 0.464 e. The second kappa shape index (κ2) is 5.62. The molecule has 0 aromatic heterocycles. The van der Waals surface area contributed by atoms with Crippen molar-refractivity contribution < 1.29 is 19.1 Å². The number of hydrogen-bond donors (Lipinski definition) is 0. The molecule has 0 aliphatic carbocycles. The molecule has 0 saturated carbocycles. The zero-order chi connectivity index (χ0) is 13.8. The molecule has 18 heavy (non-hydrogen) atoms. The topological polar surface area (TPSA) is 65.0 Å². The number of rotatable bonds is 2. The molecule has 0 fully saturated rings. The first-order valence-electron chi connectivity index (χ1n) is 5.60. The Balaban J connectivity index is 2.93. The molecule has 0 unspecified atom stereocenters. The number of carbonyl (C=O) groups excluding carboxylic acids is 2. The van der Waals surface area contributed by atoms with Gasteiger partial charge in [-0.1, -0.05) is 6.08 Å². The fourth-order valence-electron chi connectivity index (χ4n) is 1.25. The highest BCUT2D eigenvalue weighted by Crippen LogP contribution is 2.12. The van der Waals surface area contributed by atoms with Crippen LogP contribution in [0.5, 0.6) is 0 Å². The van der Waals surface area contributed by atoms with Crippen LogP contribution in [0, 0.1) is 0 Å². The molecule has 5 heteroatoms. The summed E-state index contributed by atoms with van der Waals surface area (Å²) in [4.78, 5) is 27.2. The zero-order valence-corrected chi connectivity index (χ0v) is 11.0. The van der Waals surface area contributed by atoms with Gasteiger partial charge in [0.1, 0.15) is 17.0 Å². The van der Waals surface area contributed by atoms with Gasteiger partial charge in [-0.05, 0) is 39.3 Å². The van der Waals surface area contributed by atoms with E-state index in [0.717, 1.165) is 0 Å². The van der Waals surface area contributed by atoms with E-state index in [1.807, 2.05) is 0 Å². The van der Waals surface area contributed by atoms with Crippen molar-refractivity contribution in [3.8, 4) is 0 Å². The zero-order valence-electron chi connectivity index (χ0n) is 11.0. The van der Waals surface area contributed by atoms with Crippen molar-refractivity contribution in [3.63, 3.8) is 0 Å². The summed E-state index contributed by atoms with van der Waals surface area (Å²) in [6.07, 6.45) is 5.39. The van der Waals surface area contributed by atoms with Crippen molar-refractivity contribution in [2.45, 2.75) is 32.8 Å². The number of nitrogens with zero attached hydrogens (tertiary/aromatic N) is 1. The van der Waals surface area contributed by atoms with Gasteiger partial charge < -0.3 is 9.47 Å². The van der Waals surface area contributed by atoms with E-state index in [-0.39, 0.29) is 11.4 Å². The van der Waals surface area contributed by atoms with Crippen LogP contribution in [0.25, 0.3) is 0 Å². The molecule has 0 saturated heterocycles. The van der Waals surface area contributed by atoms with Gasteiger partial charge in [0.2, 0.25) is 0 Å². The lowest BCUT2D eigenvalue weighted by Crippen LogP contribution is -2.28. The van der Waals surface area contributed by atoms with Crippen LogP contribution in [0.4, 0.5) is 0 Å². The molecule has 0 aromatic carbocycles. The first kappa shape index (κ1) is 14.2. The average Bonchev–Trinajstić information content (AvgIpc) is 2.51. The summed E-state index contributed by atoms with van der Waals surface area (Å²) < 4.78 is 9.77. The highest BCUT2D eigenvalue weighted by molar-refractivity contribution is 6.41. The first-order valence-corrected chi connectivity index (χ1v) is 5.60. The van der Waals surface area contributed by atoms with E-state index in [9.17, 15) is 9.59 Å². The Bertz CT molecular complexity index is 438. The van der Waals surface area contributed by atoms with Crippen LogP contribution >= 0.6 is 0 Å². The smallest absolute Gasteiger partial charge is 0.357 e. The van der Waals surface area contributed by atoms with Crippen molar-refractivity contribution in [2.24, 2.45) is 4.99 Å². The van der Waals surface area contributed by atoms with Gasteiger partial charge in [0.25, 0.3) is 0 Å². The predicted molar refractivity (Wildman–Crippen MR) is 67.1 cm³/mol. The van der Waals surface area contributed by atoms with Crippen molar-refractivity contribution in [3.05, 3.63) is 23.9 Å². The lowest BCUT2D eigenvalue weighted by molar-refractivity contribution is -0.146. The maximum absolute atomic E-state index is 11.8. The maximum Gasteiger partial charge on any atom is 0.357 e. The molecule has 0 aromatic rings. The Hall–Kier alpha value is -1.91. The number of esters is 2.